The largest absolute Gasteiger partial charge is 0.508 e. The molecule has 1 aliphatic heterocycles. The normalized spacial score (nSPS) is 22.2. The summed E-state index contributed by atoms with van der Waals surface area (Å²) in [5.41, 5.74) is 0.659. The van der Waals surface area contributed by atoms with Gasteiger partial charge in [-0.25, -0.2) is 0 Å². The summed E-state index contributed by atoms with van der Waals surface area (Å²) in [5, 5.41) is 12.8. The second-order valence-electron chi connectivity index (χ2n) is 6.16. The number of carbonyl (C=O) groups excluding carboxylic acids is 1. The van der Waals surface area contributed by atoms with Gasteiger partial charge in [0.2, 0.25) is 5.91 Å². The van der Waals surface area contributed by atoms with Crippen molar-refractivity contribution >= 4 is 5.91 Å². The summed E-state index contributed by atoms with van der Waals surface area (Å²) in [4.78, 5) is 12.2. The molecule has 1 amide bonds. The zero-order valence-corrected chi connectivity index (χ0v) is 12.8. The lowest BCUT2D eigenvalue weighted by molar-refractivity contribution is -0.123. The molecular weight excluding hydrogens is 266 g/mol. The minimum atomic E-state index is -0.0549. The van der Waals surface area contributed by atoms with Gasteiger partial charge in [-0.2, -0.15) is 0 Å². The van der Waals surface area contributed by atoms with E-state index in [9.17, 15) is 9.90 Å². The molecule has 0 radical (unpaired) electrons. The molecule has 116 valence electrons. The molecule has 1 saturated heterocycles. The van der Waals surface area contributed by atoms with Crippen LogP contribution in [-0.2, 0) is 16.0 Å². The van der Waals surface area contributed by atoms with Crippen molar-refractivity contribution in [3.63, 3.8) is 0 Å². The monoisotopic (exact) mass is 291 g/mol. The average Bonchev–Trinajstić information content (AvgIpc) is 2.43. The minimum Gasteiger partial charge on any atom is -0.508 e. The smallest absolute Gasteiger partial charge is 0.224 e. The van der Waals surface area contributed by atoms with Crippen LogP contribution in [0.2, 0.25) is 0 Å². The first-order valence-corrected chi connectivity index (χ1v) is 7.74. The molecule has 0 saturated carbocycles. The van der Waals surface area contributed by atoms with E-state index in [4.69, 9.17) is 4.74 Å². The Morgan fingerprint density at radius 2 is 2.19 bits per heavy atom. The van der Waals surface area contributed by atoms with Gasteiger partial charge in [0.25, 0.3) is 0 Å². The highest BCUT2D eigenvalue weighted by Crippen LogP contribution is 2.21. The van der Waals surface area contributed by atoms with Crippen molar-refractivity contribution in [1.29, 1.82) is 0 Å². The van der Waals surface area contributed by atoms with Gasteiger partial charge in [0, 0.05) is 12.2 Å². The van der Waals surface area contributed by atoms with Crippen LogP contribution in [0.5, 0.6) is 5.75 Å². The van der Waals surface area contributed by atoms with Crippen LogP contribution in [0.1, 0.15) is 38.7 Å². The first-order valence-electron chi connectivity index (χ1n) is 7.74. The zero-order chi connectivity index (χ0) is 15.2. The van der Waals surface area contributed by atoms with Crippen molar-refractivity contribution < 1.29 is 14.6 Å². The Morgan fingerprint density at radius 1 is 1.43 bits per heavy atom. The number of ether oxygens (including phenoxy) is 1. The fourth-order valence-electron chi connectivity index (χ4n) is 2.79. The maximum Gasteiger partial charge on any atom is 0.224 e. The topological polar surface area (TPSA) is 58.6 Å². The zero-order valence-electron chi connectivity index (χ0n) is 12.8. The number of benzene rings is 1. The van der Waals surface area contributed by atoms with Crippen molar-refractivity contribution in [1.82, 2.24) is 5.32 Å². The summed E-state index contributed by atoms with van der Waals surface area (Å²) >= 11 is 0. The van der Waals surface area contributed by atoms with Crippen molar-refractivity contribution in [2.75, 3.05) is 6.61 Å². The van der Waals surface area contributed by atoms with E-state index in [1.54, 1.807) is 18.2 Å². The number of carbonyl (C=O) groups is 1. The quantitative estimate of drug-likeness (QED) is 0.877. The lowest BCUT2D eigenvalue weighted by atomic mass is 9.94. The van der Waals surface area contributed by atoms with Crippen molar-refractivity contribution in [3.8, 4) is 5.75 Å². The van der Waals surface area contributed by atoms with Gasteiger partial charge in [-0.15, -0.1) is 0 Å². The van der Waals surface area contributed by atoms with Gasteiger partial charge in [0.05, 0.1) is 18.6 Å². The molecule has 1 aliphatic rings. The SMILES string of the molecule is CC(C)C[C@@H]1OCCC[C@H]1NC(=O)Cc1ccccc1O. The Labute approximate surface area is 126 Å². The lowest BCUT2D eigenvalue weighted by Crippen LogP contribution is -2.48. The highest BCUT2D eigenvalue weighted by atomic mass is 16.5. The van der Waals surface area contributed by atoms with E-state index in [0.717, 1.165) is 25.9 Å². The van der Waals surface area contributed by atoms with Crippen LogP contribution in [0.3, 0.4) is 0 Å². The van der Waals surface area contributed by atoms with Crippen LogP contribution in [0.15, 0.2) is 24.3 Å². The predicted octanol–water partition coefficient (Wildman–Crippen LogP) is 2.64. The van der Waals surface area contributed by atoms with E-state index < -0.39 is 0 Å². The Balaban J connectivity index is 1.92. The molecule has 0 unspecified atom stereocenters. The lowest BCUT2D eigenvalue weighted by Gasteiger charge is -2.33. The number of nitrogens with one attached hydrogen (secondary N) is 1. The predicted molar refractivity (Wildman–Crippen MR) is 82.2 cm³/mol. The molecule has 0 bridgehead atoms. The summed E-state index contributed by atoms with van der Waals surface area (Å²) in [7, 11) is 0. The fourth-order valence-corrected chi connectivity index (χ4v) is 2.79. The molecule has 2 atom stereocenters. The van der Waals surface area contributed by atoms with Crippen LogP contribution in [0.25, 0.3) is 0 Å². The number of rotatable bonds is 5. The summed E-state index contributed by atoms with van der Waals surface area (Å²) in [6.45, 7) is 5.11. The van der Waals surface area contributed by atoms with Gasteiger partial charge >= 0.3 is 0 Å². The number of aromatic hydroxyl groups is 1. The van der Waals surface area contributed by atoms with Crippen LogP contribution < -0.4 is 5.32 Å². The molecule has 1 heterocycles. The van der Waals surface area contributed by atoms with Gasteiger partial charge in [-0.3, -0.25) is 4.79 Å². The van der Waals surface area contributed by atoms with E-state index in [2.05, 4.69) is 19.2 Å². The molecule has 2 N–H and O–H groups in total. The van der Waals surface area contributed by atoms with E-state index in [0.29, 0.717) is 11.5 Å². The van der Waals surface area contributed by atoms with E-state index in [-0.39, 0.29) is 30.2 Å². The molecule has 2 rings (SSSR count). The third kappa shape index (κ3) is 4.74. The van der Waals surface area contributed by atoms with E-state index in [1.165, 1.54) is 0 Å². The van der Waals surface area contributed by atoms with Gasteiger partial charge in [-0.05, 0) is 31.2 Å². The highest BCUT2D eigenvalue weighted by molar-refractivity contribution is 5.79. The highest BCUT2D eigenvalue weighted by Gasteiger charge is 2.27. The third-order valence-corrected chi connectivity index (χ3v) is 3.83. The molecule has 21 heavy (non-hydrogen) atoms. The summed E-state index contributed by atoms with van der Waals surface area (Å²) < 4.78 is 5.81. The molecule has 4 heteroatoms. The fraction of sp³-hybridized carbons (Fsp3) is 0.588. The summed E-state index contributed by atoms with van der Waals surface area (Å²) in [6, 6.07) is 7.04. The Hall–Kier alpha value is -1.55. The number of phenols is 1. The third-order valence-electron chi connectivity index (χ3n) is 3.83. The maximum atomic E-state index is 12.2. The van der Waals surface area contributed by atoms with Gasteiger partial charge < -0.3 is 15.2 Å². The van der Waals surface area contributed by atoms with Crippen molar-refractivity contribution in [2.24, 2.45) is 5.92 Å². The molecule has 1 aromatic carbocycles. The first kappa shape index (κ1) is 15.8. The van der Waals surface area contributed by atoms with Gasteiger partial charge in [-0.1, -0.05) is 32.0 Å². The summed E-state index contributed by atoms with van der Waals surface area (Å²) in [5.74, 6) is 0.665. The summed E-state index contributed by atoms with van der Waals surface area (Å²) in [6.07, 6.45) is 3.21. The first-order chi connectivity index (χ1) is 10.1. The van der Waals surface area contributed by atoms with Gasteiger partial charge in [0.1, 0.15) is 5.75 Å². The molecule has 1 aromatic rings. The molecule has 0 aliphatic carbocycles. The Kier molecular flexibility index (Phi) is 5.62. The van der Waals surface area contributed by atoms with Crippen molar-refractivity contribution in [2.45, 2.75) is 51.7 Å². The second kappa shape index (κ2) is 7.46. The number of phenolic OH excluding ortho intramolecular Hbond substituents is 1. The molecule has 0 spiro atoms. The number of para-hydroxylation sites is 1. The second-order valence-corrected chi connectivity index (χ2v) is 6.16. The van der Waals surface area contributed by atoms with Crippen LogP contribution in [-0.4, -0.2) is 29.8 Å². The Morgan fingerprint density at radius 3 is 2.90 bits per heavy atom. The maximum absolute atomic E-state index is 12.2. The van der Waals surface area contributed by atoms with Gasteiger partial charge in [0.15, 0.2) is 0 Å². The standard InChI is InChI=1S/C17H25NO3/c1-12(2)10-16-14(7-5-9-21-16)18-17(20)11-13-6-3-4-8-15(13)19/h3-4,6,8,12,14,16,19H,5,7,9-11H2,1-2H3,(H,18,20)/t14-,16+/m1/s1. The van der Waals surface area contributed by atoms with E-state index >= 15 is 0 Å². The Bertz CT molecular complexity index is 473. The molecular formula is C17H25NO3. The number of hydrogen-bond acceptors (Lipinski definition) is 3. The number of amides is 1. The molecule has 1 fully saturated rings. The minimum absolute atomic E-state index is 0.0549. The number of hydrogen-bond donors (Lipinski definition) is 2. The van der Waals surface area contributed by atoms with Crippen LogP contribution >= 0.6 is 0 Å². The van der Waals surface area contributed by atoms with E-state index in [1.807, 2.05) is 6.07 Å². The molecule has 0 aromatic heterocycles. The van der Waals surface area contributed by atoms with Crippen LogP contribution in [0, 0.1) is 5.92 Å². The molecule has 4 nitrogen and oxygen atoms in total. The van der Waals surface area contributed by atoms with Crippen molar-refractivity contribution in [3.05, 3.63) is 29.8 Å². The van der Waals surface area contributed by atoms with Crippen LogP contribution in [0.4, 0.5) is 0 Å². The average molecular weight is 291 g/mol.